The SMILES string of the molecule is CCn1nc(C)cc1C(=O)N=c1sc2cc(C(=O)OC)cc(OC)c2n1C/C=C/CNC(=O)OC(C)(C)C. The molecule has 2 aromatic heterocycles. The Morgan fingerprint density at radius 1 is 1.16 bits per heavy atom. The molecule has 0 bridgehead atoms. The lowest BCUT2D eigenvalue weighted by molar-refractivity contribution is 0.0532. The first-order chi connectivity index (χ1) is 18.0. The number of hydrogen-bond acceptors (Lipinski definition) is 8. The van der Waals surface area contributed by atoms with Gasteiger partial charge < -0.3 is 24.1 Å². The van der Waals surface area contributed by atoms with Crippen LogP contribution >= 0.6 is 11.3 Å². The number of thiazole rings is 1. The molecule has 0 atom stereocenters. The van der Waals surface area contributed by atoms with Gasteiger partial charge >= 0.3 is 12.1 Å². The van der Waals surface area contributed by atoms with Crippen molar-refractivity contribution in [3.05, 3.63) is 52.1 Å². The second-order valence-electron chi connectivity index (χ2n) is 9.27. The van der Waals surface area contributed by atoms with E-state index in [1.807, 2.05) is 24.5 Å². The Morgan fingerprint density at radius 3 is 2.53 bits per heavy atom. The number of esters is 1. The summed E-state index contributed by atoms with van der Waals surface area (Å²) in [4.78, 5) is 42.1. The van der Waals surface area contributed by atoms with Gasteiger partial charge in [0.2, 0.25) is 0 Å². The van der Waals surface area contributed by atoms with Gasteiger partial charge in [-0.25, -0.2) is 9.59 Å². The Labute approximate surface area is 224 Å². The van der Waals surface area contributed by atoms with Crippen LogP contribution in [0.25, 0.3) is 10.2 Å². The van der Waals surface area contributed by atoms with Crippen LogP contribution in [0.1, 0.15) is 54.2 Å². The van der Waals surface area contributed by atoms with Gasteiger partial charge in [0.1, 0.15) is 22.6 Å². The quantitative estimate of drug-likeness (QED) is 0.338. The number of benzene rings is 1. The molecule has 2 heterocycles. The second-order valence-corrected chi connectivity index (χ2v) is 10.3. The van der Waals surface area contributed by atoms with Gasteiger partial charge in [0.05, 0.1) is 30.2 Å². The highest BCUT2D eigenvalue weighted by atomic mass is 32.1. The monoisotopic (exact) mass is 543 g/mol. The smallest absolute Gasteiger partial charge is 0.407 e. The molecule has 0 fully saturated rings. The molecule has 204 valence electrons. The number of amides is 2. The van der Waals surface area contributed by atoms with Crippen molar-refractivity contribution in [3.8, 4) is 5.75 Å². The van der Waals surface area contributed by atoms with Crippen LogP contribution in [0.4, 0.5) is 4.79 Å². The lowest BCUT2D eigenvalue weighted by Crippen LogP contribution is -2.32. The Balaban J connectivity index is 2.02. The van der Waals surface area contributed by atoms with Gasteiger partial charge in [0.25, 0.3) is 5.91 Å². The van der Waals surface area contributed by atoms with Gasteiger partial charge in [0.15, 0.2) is 4.80 Å². The number of fused-ring (bicyclic) bond motifs is 1. The van der Waals surface area contributed by atoms with Crippen molar-refractivity contribution in [2.45, 2.75) is 53.3 Å². The minimum Gasteiger partial charge on any atom is -0.494 e. The van der Waals surface area contributed by atoms with Crippen molar-refractivity contribution < 1.29 is 28.6 Å². The summed E-state index contributed by atoms with van der Waals surface area (Å²) in [5.41, 5.74) is 1.50. The molecule has 3 aromatic rings. The summed E-state index contributed by atoms with van der Waals surface area (Å²) in [7, 11) is 2.81. The number of aryl methyl sites for hydroxylation is 2. The number of alkyl carbamates (subject to hydrolysis) is 1. The van der Waals surface area contributed by atoms with Crippen molar-refractivity contribution in [3.63, 3.8) is 0 Å². The average Bonchev–Trinajstić information content (AvgIpc) is 3.41. The molecular weight excluding hydrogens is 510 g/mol. The molecule has 0 saturated carbocycles. The van der Waals surface area contributed by atoms with E-state index in [2.05, 4.69) is 15.4 Å². The molecule has 0 aliphatic heterocycles. The number of carbonyl (C=O) groups excluding carboxylic acids is 3. The maximum absolute atomic E-state index is 13.2. The van der Waals surface area contributed by atoms with Crippen molar-refractivity contribution >= 4 is 39.5 Å². The molecule has 2 amide bonds. The molecule has 38 heavy (non-hydrogen) atoms. The molecule has 1 aromatic carbocycles. The van der Waals surface area contributed by atoms with E-state index >= 15 is 0 Å². The molecule has 0 aliphatic carbocycles. The third-order valence-electron chi connectivity index (χ3n) is 5.22. The predicted molar refractivity (Wildman–Crippen MR) is 144 cm³/mol. The summed E-state index contributed by atoms with van der Waals surface area (Å²) in [6, 6.07) is 4.97. The van der Waals surface area contributed by atoms with E-state index < -0.39 is 23.6 Å². The number of nitrogens with one attached hydrogen (secondary N) is 1. The van der Waals surface area contributed by atoms with Crippen molar-refractivity contribution in [2.75, 3.05) is 20.8 Å². The Hall–Kier alpha value is -3.93. The standard InChI is InChI=1S/C26H33N5O6S/c1-8-31-18(13-16(2)29-31)22(32)28-24-30(12-10-9-11-27-25(34)37-26(3,4)5)21-19(35-6)14-17(23(33)36-7)15-20(21)38-24/h9-10,13-15H,8,11-12H2,1-7H3,(H,27,34)/b10-9+,28-24?. The van der Waals surface area contributed by atoms with Gasteiger partial charge in [-0.3, -0.25) is 9.48 Å². The summed E-state index contributed by atoms with van der Waals surface area (Å²) in [5, 5.41) is 7.01. The summed E-state index contributed by atoms with van der Waals surface area (Å²) >= 11 is 1.25. The Bertz CT molecular complexity index is 1440. The van der Waals surface area contributed by atoms with Gasteiger partial charge in [-0.2, -0.15) is 10.1 Å². The minimum absolute atomic E-state index is 0.252. The molecule has 1 N–H and O–H groups in total. The number of hydrogen-bond donors (Lipinski definition) is 1. The van der Waals surface area contributed by atoms with E-state index in [0.717, 1.165) is 5.69 Å². The van der Waals surface area contributed by atoms with E-state index in [1.54, 1.807) is 49.7 Å². The fourth-order valence-corrected chi connectivity index (χ4v) is 4.74. The lowest BCUT2D eigenvalue weighted by Gasteiger charge is -2.19. The van der Waals surface area contributed by atoms with E-state index in [1.165, 1.54) is 25.6 Å². The van der Waals surface area contributed by atoms with Crippen LogP contribution in [-0.2, 0) is 22.6 Å². The molecule has 0 radical (unpaired) electrons. The number of aromatic nitrogens is 3. The van der Waals surface area contributed by atoms with Gasteiger partial charge in [-0.05, 0) is 52.8 Å². The van der Waals surface area contributed by atoms with Crippen LogP contribution in [0.15, 0.2) is 35.3 Å². The molecule has 0 unspecified atom stereocenters. The van der Waals surface area contributed by atoms with E-state index in [4.69, 9.17) is 14.2 Å². The van der Waals surface area contributed by atoms with Gasteiger partial charge in [-0.1, -0.05) is 23.5 Å². The van der Waals surface area contributed by atoms with Crippen LogP contribution in [0.3, 0.4) is 0 Å². The average molecular weight is 544 g/mol. The van der Waals surface area contributed by atoms with Crippen LogP contribution in [-0.4, -0.2) is 58.7 Å². The third kappa shape index (κ3) is 6.88. The molecule has 0 saturated heterocycles. The first-order valence-corrected chi connectivity index (χ1v) is 12.8. The fourth-order valence-electron chi connectivity index (χ4n) is 3.64. The predicted octanol–water partition coefficient (Wildman–Crippen LogP) is 3.84. The zero-order valence-corrected chi connectivity index (χ0v) is 23.5. The van der Waals surface area contributed by atoms with E-state index in [0.29, 0.717) is 45.1 Å². The zero-order valence-electron chi connectivity index (χ0n) is 22.7. The number of carbonyl (C=O) groups is 3. The maximum atomic E-state index is 13.2. The number of rotatable bonds is 8. The highest BCUT2D eigenvalue weighted by molar-refractivity contribution is 7.16. The number of allylic oxidation sites excluding steroid dienone is 1. The summed E-state index contributed by atoms with van der Waals surface area (Å²) in [6.45, 7) is 10.2. The normalized spacial score (nSPS) is 12.2. The van der Waals surface area contributed by atoms with Crippen LogP contribution < -0.4 is 14.9 Å². The first-order valence-electron chi connectivity index (χ1n) is 12.0. The van der Waals surface area contributed by atoms with Gasteiger partial charge in [0, 0.05) is 19.6 Å². The van der Waals surface area contributed by atoms with Crippen molar-refractivity contribution in [2.24, 2.45) is 4.99 Å². The number of ether oxygens (including phenoxy) is 3. The minimum atomic E-state index is -0.590. The van der Waals surface area contributed by atoms with E-state index in [-0.39, 0.29) is 6.54 Å². The summed E-state index contributed by atoms with van der Waals surface area (Å²) in [5.74, 6) is -0.506. The highest BCUT2D eigenvalue weighted by Gasteiger charge is 2.19. The highest BCUT2D eigenvalue weighted by Crippen LogP contribution is 2.30. The second kappa shape index (κ2) is 12.1. The number of methoxy groups -OCH3 is 2. The molecule has 12 heteroatoms. The zero-order chi connectivity index (χ0) is 28.0. The van der Waals surface area contributed by atoms with Crippen molar-refractivity contribution in [1.82, 2.24) is 19.7 Å². The molecule has 11 nitrogen and oxygen atoms in total. The van der Waals surface area contributed by atoms with Crippen molar-refractivity contribution in [1.29, 1.82) is 0 Å². The Morgan fingerprint density at radius 2 is 1.89 bits per heavy atom. The molecular formula is C26H33N5O6S. The topological polar surface area (TPSA) is 126 Å². The molecule has 0 spiro atoms. The van der Waals surface area contributed by atoms with Crippen LogP contribution in [0.2, 0.25) is 0 Å². The fraction of sp³-hybridized carbons (Fsp3) is 0.423. The van der Waals surface area contributed by atoms with Crippen LogP contribution in [0.5, 0.6) is 5.75 Å². The van der Waals surface area contributed by atoms with E-state index in [9.17, 15) is 14.4 Å². The third-order valence-corrected chi connectivity index (χ3v) is 6.24. The lowest BCUT2D eigenvalue weighted by atomic mass is 10.2. The largest absolute Gasteiger partial charge is 0.494 e. The summed E-state index contributed by atoms with van der Waals surface area (Å²) < 4.78 is 19.8. The molecule has 3 rings (SSSR count). The molecule has 0 aliphatic rings. The Kier molecular flexibility index (Phi) is 9.10. The van der Waals surface area contributed by atoms with Gasteiger partial charge in [-0.15, -0.1) is 0 Å². The first kappa shape index (κ1) is 28.6. The number of nitrogens with zero attached hydrogens (tertiary/aromatic N) is 4. The maximum Gasteiger partial charge on any atom is 0.407 e. The summed E-state index contributed by atoms with van der Waals surface area (Å²) in [6.07, 6.45) is 3.09. The van der Waals surface area contributed by atoms with Crippen LogP contribution in [0, 0.1) is 6.92 Å².